The Kier molecular flexibility index (Phi) is 70.9. The van der Waals surface area contributed by atoms with Crippen LogP contribution in [0.5, 0.6) is 0 Å². The van der Waals surface area contributed by atoms with Gasteiger partial charge in [-0.15, -0.1) is 0 Å². The van der Waals surface area contributed by atoms with Crippen molar-refractivity contribution in [2.24, 2.45) is 11.5 Å². The minimum absolute atomic E-state index is 0. The van der Waals surface area contributed by atoms with Crippen LogP contribution in [0.1, 0.15) is 0 Å². The summed E-state index contributed by atoms with van der Waals surface area (Å²) in [6, 6.07) is 0. The molecule has 6 heteroatoms. The van der Waals surface area contributed by atoms with Gasteiger partial charge in [0.15, 0.2) is 0 Å². The molecule has 71 valence electrons. The zero-order valence-corrected chi connectivity index (χ0v) is 8.81. The molecule has 10 heavy (non-hydrogen) atoms. The number of halogens is 1. The van der Waals surface area contributed by atoms with Crippen LogP contribution in [-0.4, -0.2) is 24.6 Å². The van der Waals surface area contributed by atoms with Gasteiger partial charge in [0.2, 0.25) is 0 Å². The van der Waals surface area contributed by atoms with Crippen molar-refractivity contribution in [3.8, 4) is 0 Å². The Morgan fingerprint density at radius 2 is 1.00 bits per heavy atom. The zero-order valence-electron chi connectivity index (χ0n) is 5.48. The SMILES string of the molecule is NCC[S-].NCC[S-].[Cl-].[Cu]. The van der Waals surface area contributed by atoms with Crippen LogP contribution in [0, 0.1) is 0 Å². The topological polar surface area (TPSA) is 52.0 Å². The van der Waals surface area contributed by atoms with Crippen LogP contribution in [0.15, 0.2) is 0 Å². The summed E-state index contributed by atoms with van der Waals surface area (Å²) in [6.45, 7) is 1.27. The third-order valence-electron chi connectivity index (χ3n) is 0.236. The van der Waals surface area contributed by atoms with Crippen molar-refractivity contribution in [3.63, 3.8) is 0 Å². The second kappa shape index (κ2) is 31.5. The van der Waals surface area contributed by atoms with Gasteiger partial charge in [0.1, 0.15) is 0 Å². The molecule has 0 aromatic rings. The van der Waals surface area contributed by atoms with Gasteiger partial charge >= 0.3 is 0 Å². The summed E-state index contributed by atoms with van der Waals surface area (Å²) < 4.78 is 0. The summed E-state index contributed by atoms with van der Waals surface area (Å²) in [7, 11) is 0. The average Bonchev–Trinajstić information content (AvgIpc) is 1.88. The first-order valence-electron chi connectivity index (χ1n) is 2.39. The van der Waals surface area contributed by atoms with E-state index < -0.39 is 0 Å². The standard InChI is InChI=1S/2C2H7NS.ClH.Cu/c2*3-1-2-4;;/h2*4H,1-3H2;1H;/p-3. The predicted octanol–water partition coefficient (Wildman–Crippen LogP) is -4.01. The van der Waals surface area contributed by atoms with Crippen molar-refractivity contribution < 1.29 is 29.5 Å². The molecule has 4 N–H and O–H groups in total. The Hall–Kier alpha value is 1.43. The Bertz CT molecular complexity index is 29.2. The van der Waals surface area contributed by atoms with Crippen LogP contribution < -0.4 is 23.9 Å². The molecule has 0 aliphatic heterocycles. The first-order valence-corrected chi connectivity index (χ1v) is 3.55. The van der Waals surface area contributed by atoms with Gasteiger partial charge in [0, 0.05) is 17.1 Å². The van der Waals surface area contributed by atoms with Crippen molar-refractivity contribution >= 4 is 25.3 Å². The molecule has 0 aliphatic rings. The van der Waals surface area contributed by atoms with Gasteiger partial charge in [-0.2, -0.15) is 11.5 Å². The third-order valence-corrected chi connectivity index (χ3v) is 0.707. The molecule has 2 nitrogen and oxygen atoms in total. The van der Waals surface area contributed by atoms with E-state index in [1.54, 1.807) is 0 Å². The number of rotatable bonds is 2. The van der Waals surface area contributed by atoms with E-state index in [1.807, 2.05) is 0 Å². The van der Waals surface area contributed by atoms with Crippen molar-refractivity contribution in [1.82, 2.24) is 0 Å². The van der Waals surface area contributed by atoms with Crippen molar-refractivity contribution in [2.45, 2.75) is 0 Å². The fourth-order valence-corrected chi connectivity index (χ4v) is 0. The summed E-state index contributed by atoms with van der Waals surface area (Å²) in [5.41, 5.74) is 9.85. The van der Waals surface area contributed by atoms with Crippen LogP contribution in [-0.2, 0) is 42.3 Å². The predicted molar refractivity (Wildman–Crippen MR) is 42.6 cm³/mol. The zero-order chi connectivity index (χ0) is 6.83. The van der Waals surface area contributed by atoms with E-state index in [2.05, 4.69) is 25.3 Å². The third kappa shape index (κ3) is 57.0. The maximum atomic E-state index is 4.92. The minimum atomic E-state index is 0. The van der Waals surface area contributed by atoms with Crippen LogP contribution in [0.4, 0.5) is 0 Å². The maximum absolute atomic E-state index is 4.92. The molecule has 0 aliphatic carbocycles. The van der Waals surface area contributed by atoms with Gasteiger partial charge in [-0.1, -0.05) is 0 Å². The molecule has 0 rings (SSSR count). The Morgan fingerprint density at radius 1 is 0.900 bits per heavy atom. The summed E-state index contributed by atoms with van der Waals surface area (Å²) in [5.74, 6) is 1.36. The summed E-state index contributed by atoms with van der Waals surface area (Å²) in [6.07, 6.45) is 0. The normalized spacial score (nSPS) is 6.00. The van der Waals surface area contributed by atoms with E-state index in [4.69, 9.17) is 11.5 Å². The van der Waals surface area contributed by atoms with Crippen molar-refractivity contribution in [2.75, 3.05) is 24.6 Å². The fourth-order valence-electron chi connectivity index (χ4n) is 0. The van der Waals surface area contributed by atoms with Gasteiger partial charge < -0.3 is 49.1 Å². The van der Waals surface area contributed by atoms with Gasteiger partial charge in [0.05, 0.1) is 0 Å². The molecule has 0 bridgehead atoms. The van der Waals surface area contributed by atoms with Gasteiger partial charge in [-0.25, -0.2) is 0 Å². The molecule has 0 aromatic carbocycles. The van der Waals surface area contributed by atoms with Crippen LogP contribution in [0.25, 0.3) is 0 Å². The largest absolute Gasteiger partial charge is 1.00 e. The monoisotopic (exact) mass is 250 g/mol. The van der Waals surface area contributed by atoms with Crippen molar-refractivity contribution in [3.05, 3.63) is 0 Å². The number of hydrogen-bond donors (Lipinski definition) is 2. The van der Waals surface area contributed by atoms with Gasteiger partial charge in [0.25, 0.3) is 0 Å². The van der Waals surface area contributed by atoms with Gasteiger partial charge in [-0.3, -0.25) is 0 Å². The average molecular weight is 251 g/mol. The van der Waals surface area contributed by atoms with E-state index in [1.165, 1.54) is 0 Å². The van der Waals surface area contributed by atoms with E-state index in [0.717, 1.165) is 0 Å². The fraction of sp³-hybridized carbons (Fsp3) is 1.00. The molecule has 0 aromatic heterocycles. The summed E-state index contributed by atoms with van der Waals surface area (Å²) in [5, 5.41) is 0. The molecule has 0 spiro atoms. The maximum Gasteiger partial charge on any atom is 0 e. The molecular formula is C4H12ClCuN2S2-3. The minimum Gasteiger partial charge on any atom is -1.00 e. The Morgan fingerprint density at radius 3 is 1.00 bits per heavy atom. The molecule has 0 saturated carbocycles. The molecule has 0 saturated heterocycles. The van der Waals surface area contributed by atoms with Crippen molar-refractivity contribution in [1.29, 1.82) is 0 Å². The van der Waals surface area contributed by atoms with E-state index in [-0.39, 0.29) is 29.5 Å². The Labute approximate surface area is 90.6 Å². The second-order valence-corrected chi connectivity index (χ2v) is 1.80. The first-order chi connectivity index (χ1) is 3.83. The van der Waals surface area contributed by atoms with Crippen LogP contribution in [0.3, 0.4) is 0 Å². The molecule has 0 heterocycles. The number of hydrogen-bond acceptors (Lipinski definition) is 4. The second-order valence-electron chi connectivity index (χ2n) is 0.986. The molecule has 1 radical (unpaired) electrons. The summed E-state index contributed by atoms with van der Waals surface area (Å²) >= 11 is 8.86. The van der Waals surface area contributed by atoms with E-state index >= 15 is 0 Å². The smallest absolute Gasteiger partial charge is 0 e. The van der Waals surface area contributed by atoms with Crippen LogP contribution >= 0.6 is 0 Å². The molecular weight excluding hydrogens is 239 g/mol. The quantitative estimate of drug-likeness (QED) is 0.388. The number of nitrogens with two attached hydrogens (primary N) is 2. The molecule has 0 atom stereocenters. The molecule has 0 unspecified atom stereocenters. The molecule has 0 amide bonds. The van der Waals surface area contributed by atoms with E-state index in [9.17, 15) is 0 Å². The van der Waals surface area contributed by atoms with Crippen LogP contribution in [0.2, 0.25) is 0 Å². The molecule has 0 fully saturated rings. The Balaban J connectivity index is -0.0000000300. The first kappa shape index (κ1) is 22.5. The van der Waals surface area contributed by atoms with Gasteiger partial charge in [-0.05, 0) is 13.1 Å². The van der Waals surface area contributed by atoms with E-state index in [0.29, 0.717) is 24.6 Å². The summed E-state index contributed by atoms with van der Waals surface area (Å²) in [4.78, 5) is 0.